The first kappa shape index (κ1) is 36.5. The Labute approximate surface area is 184 Å². The van der Waals surface area contributed by atoms with Crippen molar-refractivity contribution in [3.8, 4) is 0 Å². The molecular weight excluding hydrogens is 461 g/mol. The van der Waals surface area contributed by atoms with Gasteiger partial charge in [-0.1, -0.05) is 62.3 Å². The summed E-state index contributed by atoms with van der Waals surface area (Å²) in [4.78, 5) is 32.9. The summed E-state index contributed by atoms with van der Waals surface area (Å²) in [6, 6.07) is 0. The summed E-state index contributed by atoms with van der Waals surface area (Å²) in [5.74, 6) is 0. The Hall–Kier alpha value is 1.09. The van der Waals surface area contributed by atoms with Crippen LogP contribution in [0.3, 0.4) is 0 Å². The standard InChI is InChI=1S/3C6H15O2P.Fe/c3*1-4-6(3)9(7,8)5-2;/h3*6H,4-5H2,1-3H3,(H,7,8);/q;;;+3/p-3. The van der Waals surface area contributed by atoms with Crippen molar-refractivity contribution in [2.24, 2.45) is 0 Å². The molecule has 0 N–H and O–H groups in total. The molecule has 0 saturated carbocycles. The predicted molar refractivity (Wildman–Crippen MR) is 114 cm³/mol. The zero-order valence-electron chi connectivity index (χ0n) is 19.1. The van der Waals surface area contributed by atoms with Crippen molar-refractivity contribution in [1.29, 1.82) is 0 Å². The average molecular weight is 503 g/mol. The van der Waals surface area contributed by atoms with Gasteiger partial charge in [0.15, 0.2) is 0 Å². The predicted octanol–water partition coefficient (Wildman–Crippen LogP) is 4.33. The molecule has 6 unspecified atom stereocenters. The van der Waals surface area contributed by atoms with E-state index in [1.807, 2.05) is 20.8 Å². The van der Waals surface area contributed by atoms with Crippen molar-refractivity contribution >= 4 is 22.1 Å². The molecule has 0 saturated heterocycles. The van der Waals surface area contributed by atoms with Gasteiger partial charge in [-0.25, -0.2) is 0 Å². The van der Waals surface area contributed by atoms with Gasteiger partial charge in [0.1, 0.15) is 0 Å². The van der Waals surface area contributed by atoms with Crippen LogP contribution in [0.2, 0.25) is 0 Å². The maximum absolute atomic E-state index is 11.0. The van der Waals surface area contributed by atoms with E-state index in [0.29, 0.717) is 18.5 Å². The monoisotopic (exact) mass is 503 g/mol. The van der Waals surface area contributed by atoms with Gasteiger partial charge >= 0.3 is 17.1 Å². The molecule has 0 heterocycles. The molecule has 0 fully saturated rings. The zero-order valence-corrected chi connectivity index (χ0v) is 22.9. The minimum atomic E-state index is -3.01. The van der Waals surface area contributed by atoms with Gasteiger partial charge in [0, 0.05) is 22.1 Å². The van der Waals surface area contributed by atoms with E-state index in [2.05, 4.69) is 0 Å². The first-order valence-electron chi connectivity index (χ1n) is 10.0. The van der Waals surface area contributed by atoms with Crippen LogP contribution < -0.4 is 14.7 Å². The van der Waals surface area contributed by atoms with Gasteiger partial charge in [-0.3, -0.25) is 0 Å². The molecule has 0 aromatic carbocycles. The molecule has 0 spiro atoms. The maximum atomic E-state index is 11.0. The van der Waals surface area contributed by atoms with Crippen LogP contribution >= 0.6 is 22.1 Å². The molecule has 28 heavy (non-hydrogen) atoms. The fourth-order valence-corrected chi connectivity index (χ4v) is 5.31. The van der Waals surface area contributed by atoms with E-state index in [0.717, 1.165) is 19.3 Å². The van der Waals surface area contributed by atoms with Crippen molar-refractivity contribution in [2.45, 2.75) is 98.6 Å². The first-order chi connectivity index (χ1) is 12.1. The molecule has 0 bridgehead atoms. The summed E-state index contributed by atoms with van der Waals surface area (Å²) >= 11 is 0. The second kappa shape index (κ2) is 17.7. The third kappa shape index (κ3) is 15.9. The van der Waals surface area contributed by atoms with Crippen molar-refractivity contribution in [1.82, 2.24) is 0 Å². The van der Waals surface area contributed by atoms with Crippen molar-refractivity contribution in [3.63, 3.8) is 0 Å². The summed E-state index contributed by atoms with van der Waals surface area (Å²) in [5, 5.41) is 0. The first-order valence-corrected chi connectivity index (χ1v) is 15.7. The van der Waals surface area contributed by atoms with Gasteiger partial charge < -0.3 is 28.4 Å². The third-order valence-electron chi connectivity index (χ3n) is 5.11. The van der Waals surface area contributed by atoms with E-state index < -0.39 is 22.1 Å². The van der Waals surface area contributed by atoms with E-state index in [4.69, 9.17) is 0 Å². The van der Waals surface area contributed by atoms with Crippen molar-refractivity contribution < 1.29 is 45.4 Å². The Kier molecular flexibility index (Phi) is 23.1. The summed E-state index contributed by atoms with van der Waals surface area (Å²) in [7, 11) is -9.04. The zero-order chi connectivity index (χ0) is 22.5. The Bertz CT molecular complexity index is 444. The van der Waals surface area contributed by atoms with Gasteiger partial charge in [-0.15, -0.1) is 0 Å². The summed E-state index contributed by atoms with van der Waals surface area (Å²) in [6.07, 6.45) is 3.07. The van der Waals surface area contributed by atoms with E-state index >= 15 is 0 Å². The molecule has 0 aliphatic rings. The van der Waals surface area contributed by atoms with Crippen LogP contribution in [0.4, 0.5) is 0 Å². The fourth-order valence-electron chi connectivity index (χ4n) is 1.77. The molecule has 0 aliphatic heterocycles. The van der Waals surface area contributed by atoms with Crippen LogP contribution in [0.1, 0.15) is 81.6 Å². The smallest absolute Gasteiger partial charge is 0.799 e. The Balaban J connectivity index is -0.000000152. The second-order valence-corrected chi connectivity index (χ2v) is 15.8. The van der Waals surface area contributed by atoms with Crippen LogP contribution in [0.15, 0.2) is 0 Å². The second-order valence-electron chi connectivity index (χ2n) is 6.90. The fraction of sp³-hybridized carbons (Fsp3) is 1.00. The van der Waals surface area contributed by atoms with Gasteiger partial charge in [-0.05, 0) is 54.7 Å². The van der Waals surface area contributed by atoms with Gasteiger partial charge in [-0.2, -0.15) is 0 Å². The number of hydrogen-bond acceptors (Lipinski definition) is 6. The van der Waals surface area contributed by atoms with Crippen molar-refractivity contribution in [3.05, 3.63) is 0 Å². The summed E-state index contributed by atoms with van der Waals surface area (Å²) < 4.78 is 32.9. The number of rotatable bonds is 9. The number of hydrogen-bond donors (Lipinski definition) is 0. The largest absolute Gasteiger partial charge is 3.00 e. The van der Waals surface area contributed by atoms with Gasteiger partial charge in [0.2, 0.25) is 0 Å². The molecule has 6 nitrogen and oxygen atoms in total. The van der Waals surface area contributed by atoms with E-state index in [-0.39, 0.29) is 34.0 Å². The minimum absolute atomic E-state index is 0. The molecule has 6 atom stereocenters. The minimum Gasteiger partial charge on any atom is -0.799 e. The third-order valence-corrected chi connectivity index (χ3v) is 12.9. The molecule has 0 aromatic heterocycles. The van der Waals surface area contributed by atoms with Crippen LogP contribution in [-0.4, -0.2) is 35.5 Å². The molecule has 173 valence electrons. The van der Waals surface area contributed by atoms with Gasteiger partial charge in [0.25, 0.3) is 0 Å². The normalized spacial score (nSPS) is 20.1. The Morgan fingerprint density at radius 1 is 0.536 bits per heavy atom. The molecular formula is C18H42FeO6P3. The van der Waals surface area contributed by atoms with E-state index in [1.165, 1.54) is 0 Å². The molecule has 10 heteroatoms. The SMILES string of the molecule is CCC(C)P(=O)([O-])CC.CCC(C)P(=O)([O-])CC.CCC(C)P(=O)([O-])CC.[Fe+3]. The van der Waals surface area contributed by atoms with Crippen LogP contribution in [0.25, 0.3) is 0 Å². The Morgan fingerprint density at radius 2 is 0.679 bits per heavy atom. The topological polar surface area (TPSA) is 120 Å². The van der Waals surface area contributed by atoms with Gasteiger partial charge in [0.05, 0.1) is 0 Å². The van der Waals surface area contributed by atoms with Crippen LogP contribution in [0, 0.1) is 0 Å². The molecule has 0 rings (SSSR count). The quantitative estimate of drug-likeness (QED) is 0.341. The van der Waals surface area contributed by atoms with Crippen LogP contribution in [-0.2, 0) is 30.8 Å². The molecule has 0 amide bonds. The van der Waals surface area contributed by atoms with E-state index in [9.17, 15) is 28.4 Å². The maximum Gasteiger partial charge on any atom is 3.00 e. The Morgan fingerprint density at radius 3 is 0.714 bits per heavy atom. The summed E-state index contributed by atoms with van der Waals surface area (Å²) in [5.41, 5.74) is -0.410. The summed E-state index contributed by atoms with van der Waals surface area (Å²) in [6.45, 7) is 16.0. The average Bonchev–Trinajstić information content (AvgIpc) is 2.66. The van der Waals surface area contributed by atoms with Crippen LogP contribution in [0.5, 0.6) is 0 Å². The molecule has 0 aliphatic carbocycles. The molecule has 1 radical (unpaired) electrons. The molecule has 0 aromatic rings. The van der Waals surface area contributed by atoms with Crippen molar-refractivity contribution in [2.75, 3.05) is 18.5 Å². The van der Waals surface area contributed by atoms with E-state index in [1.54, 1.807) is 41.5 Å².